The lowest BCUT2D eigenvalue weighted by Gasteiger charge is -2.17. The van der Waals surface area contributed by atoms with E-state index < -0.39 is 0 Å². The van der Waals surface area contributed by atoms with Gasteiger partial charge in [0.2, 0.25) is 0 Å². The lowest BCUT2D eigenvalue weighted by molar-refractivity contribution is 0.548. The summed E-state index contributed by atoms with van der Waals surface area (Å²) in [5, 5.41) is 7.02. The molecule has 0 spiro atoms. The minimum Gasteiger partial charge on any atom is -0.358 e. The molecule has 0 aliphatic heterocycles. The summed E-state index contributed by atoms with van der Waals surface area (Å²) in [6, 6.07) is 10.1. The molecule has 1 aromatic carbocycles. The van der Waals surface area contributed by atoms with Gasteiger partial charge in [-0.05, 0) is 31.3 Å². The maximum absolute atomic E-state index is 5.26. The lowest BCUT2D eigenvalue weighted by Crippen LogP contribution is -2.38. The largest absolute Gasteiger partial charge is 0.358 e. The molecule has 0 fully saturated rings. The zero-order valence-corrected chi connectivity index (χ0v) is 11.0. The summed E-state index contributed by atoms with van der Waals surface area (Å²) in [4.78, 5) is 4.01. The second-order valence-electron chi connectivity index (χ2n) is 4.13. The van der Waals surface area contributed by atoms with Gasteiger partial charge in [0.15, 0.2) is 5.11 Å². The highest BCUT2D eigenvalue weighted by molar-refractivity contribution is 7.80. The van der Waals surface area contributed by atoms with Crippen molar-refractivity contribution in [3.05, 3.63) is 49.1 Å². The number of aromatic nitrogens is 2. The van der Waals surface area contributed by atoms with Crippen LogP contribution >= 0.6 is 12.2 Å². The molecule has 4 nitrogen and oxygen atoms in total. The van der Waals surface area contributed by atoms with E-state index in [1.807, 2.05) is 41.1 Å². The van der Waals surface area contributed by atoms with Gasteiger partial charge in [-0.1, -0.05) is 18.2 Å². The molecule has 94 valence electrons. The summed E-state index contributed by atoms with van der Waals surface area (Å²) in [6.07, 6.45) is 5.50. The van der Waals surface area contributed by atoms with Crippen LogP contribution in [0, 0.1) is 0 Å². The van der Waals surface area contributed by atoms with Gasteiger partial charge in [-0.15, -0.1) is 0 Å². The van der Waals surface area contributed by atoms with E-state index in [4.69, 9.17) is 12.2 Å². The zero-order chi connectivity index (χ0) is 12.8. The smallest absolute Gasteiger partial charge is 0.171 e. The van der Waals surface area contributed by atoms with E-state index in [2.05, 4.69) is 22.5 Å². The Labute approximate surface area is 112 Å². The average molecular weight is 260 g/mol. The fraction of sp³-hybridized carbons (Fsp3) is 0.231. The number of rotatable bonds is 4. The molecule has 0 saturated heterocycles. The quantitative estimate of drug-likeness (QED) is 0.828. The van der Waals surface area contributed by atoms with Crippen LogP contribution < -0.4 is 10.6 Å². The van der Waals surface area contributed by atoms with Gasteiger partial charge in [-0.3, -0.25) is 0 Å². The number of para-hydroxylation sites is 1. The highest BCUT2D eigenvalue weighted by atomic mass is 32.1. The van der Waals surface area contributed by atoms with E-state index in [1.54, 1.807) is 12.5 Å². The van der Waals surface area contributed by atoms with Gasteiger partial charge in [0.25, 0.3) is 0 Å². The molecule has 18 heavy (non-hydrogen) atoms. The Hall–Kier alpha value is -1.88. The molecule has 2 aromatic rings. The van der Waals surface area contributed by atoms with Crippen molar-refractivity contribution in [2.24, 2.45) is 0 Å². The van der Waals surface area contributed by atoms with Crippen LogP contribution in [0.25, 0.3) is 0 Å². The van der Waals surface area contributed by atoms with Crippen LogP contribution in [0.15, 0.2) is 49.1 Å². The summed E-state index contributed by atoms with van der Waals surface area (Å²) in [5.41, 5.74) is 0.991. The predicted molar refractivity (Wildman–Crippen MR) is 77.5 cm³/mol. The first-order valence-corrected chi connectivity index (χ1v) is 6.23. The second kappa shape index (κ2) is 6.16. The molecular formula is C13H16N4S. The predicted octanol–water partition coefficient (Wildman–Crippen LogP) is 2.26. The maximum Gasteiger partial charge on any atom is 0.171 e. The van der Waals surface area contributed by atoms with Crippen molar-refractivity contribution in [1.29, 1.82) is 0 Å². The summed E-state index contributed by atoms with van der Waals surface area (Å²) in [7, 11) is 0. The van der Waals surface area contributed by atoms with Crippen molar-refractivity contribution in [2.75, 3.05) is 5.32 Å². The van der Waals surface area contributed by atoms with Gasteiger partial charge in [-0.25, -0.2) is 4.98 Å². The van der Waals surface area contributed by atoms with Crippen molar-refractivity contribution in [2.45, 2.75) is 19.5 Å². The highest BCUT2D eigenvalue weighted by Crippen LogP contribution is 2.04. The molecule has 0 radical (unpaired) electrons. The molecule has 0 aliphatic carbocycles. The number of nitrogens with one attached hydrogen (secondary N) is 2. The molecular weight excluding hydrogens is 244 g/mol. The van der Waals surface area contributed by atoms with Crippen molar-refractivity contribution < 1.29 is 0 Å². The Balaban J connectivity index is 1.80. The van der Waals surface area contributed by atoms with E-state index in [9.17, 15) is 0 Å². The molecule has 1 heterocycles. The van der Waals surface area contributed by atoms with E-state index in [-0.39, 0.29) is 6.04 Å². The van der Waals surface area contributed by atoms with Crippen LogP contribution in [-0.4, -0.2) is 20.7 Å². The van der Waals surface area contributed by atoms with E-state index in [1.165, 1.54) is 0 Å². The van der Waals surface area contributed by atoms with Crippen molar-refractivity contribution in [3.8, 4) is 0 Å². The monoisotopic (exact) mass is 260 g/mol. The van der Waals surface area contributed by atoms with E-state index in [0.717, 1.165) is 12.2 Å². The fourth-order valence-corrected chi connectivity index (χ4v) is 1.99. The number of hydrogen-bond donors (Lipinski definition) is 2. The molecule has 2 rings (SSSR count). The maximum atomic E-state index is 5.26. The molecule has 0 amide bonds. The van der Waals surface area contributed by atoms with E-state index in [0.29, 0.717) is 5.11 Å². The first kappa shape index (κ1) is 12.6. The Kier molecular flexibility index (Phi) is 4.30. The van der Waals surface area contributed by atoms with Crippen LogP contribution in [0.3, 0.4) is 0 Å². The van der Waals surface area contributed by atoms with Gasteiger partial charge < -0.3 is 15.2 Å². The molecule has 5 heteroatoms. The zero-order valence-electron chi connectivity index (χ0n) is 10.2. The molecule has 1 unspecified atom stereocenters. The molecule has 1 aromatic heterocycles. The second-order valence-corrected chi connectivity index (χ2v) is 4.53. The van der Waals surface area contributed by atoms with Crippen molar-refractivity contribution in [1.82, 2.24) is 14.9 Å². The van der Waals surface area contributed by atoms with Crippen molar-refractivity contribution in [3.63, 3.8) is 0 Å². The molecule has 1 atom stereocenters. The number of benzene rings is 1. The Morgan fingerprint density at radius 3 is 2.83 bits per heavy atom. The Morgan fingerprint density at radius 1 is 1.39 bits per heavy atom. The van der Waals surface area contributed by atoms with Gasteiger partial charge in [0, 0.05) is 30.7 Å². The van der Waals surface area contributed by atoms with Crippen LogP contribution in [-0.2, 0) is 6.54 Å². The standard InChI is InChI=1S/C13H16N4S/c1-11(9-17-8-7-14-10-17)15-13(18)16-12-5-3-2-4-6-12/h2-8,10-11H,9H2,1H3,(H2,15,16,18). The van der Waals surface area contributed by atoms with Crippen LogP contribution in [0.1, 0.15) is 6.92 Å². The van der Waals surface area contributed by atoms with Gasteiger partial charge in [0.1, 0.15) is 0 Å². The SMILES string of the molecule is CC(Cn1ccnc1)NC(=S)Nc1ccccc1. The van der Waals surface area contributed by atoms with Gasteiger partial charge >= 0.3 is 0 Å². The Bertz CT molecular complexity index is 481. The number of nitrogens with zero attached hydrogens (tertiary/aromatic N) is 2. The molecule has 0 saturated carbocycles. The summed E-state index contributed by atoms with van der Waals surface area (Å²) >= 11 is 5.26. The third-order valence-corrected chi connectivity index (χ3v) is 2.67. The molecule has 0 bridgehead atoms. The van der Waals surface area contributed by atoms with Crippen LogP contribution in [0.4, 0.5) is 5.69 Å². The molecule has 0 aliphatic rings. The first-order valence-electron chi connectivity index (χ1n) is 5.82. The third kappa shape index (κ3) is 3.85. The number of hydrogen-bond acceptors (Lipinski definition) is 2. The first-order chi connectivity index (χ1) is 8.74. The third-order valence-electron chi connectivity index (χ3n) is 2.45. The number of thiocarbonyl (C=S) groups is 1. The van der Waals surface area contributed by atoms with Gasteiger partial charge in [-0.2, -0.15) is 0 Å². The number of anilines is 1. The Morgan fingerprint density at radius 2 is 2.17 bits per heavy atom. The number of imidazole rings is 1. The normalized spacial score (nSPS) is 11.8. The molecule has 2 N–H and O–H groups in total. The minimum absolute atomic E-state index is 0.239. The van der Waals surface area contributed by atoms with Crippen molar-refractivity contribution >= 4 is 23.0 Å². The lowest BCUT2D eigenvalue weighted by atomic mass is 10.3. The summed E-state index contributed by atoms with van der Waals surface area (Å²) in [6.45, 7) is 2.91. The van der Waals surface area contributed by atoms with Crippen LogP contribution in [0.2, 0.25) is 0 Å². The average Bonchev–Trinajstić information content (AvgIpc) is 2.82. The minimum atomic E-state index is 0.239. The summed E-state index contributed by atoms with van der Waals surface area (Å²) in [5.74, 6) is 0. The van der Waals surface area contributed by atoms with E-state index >= 15 is 0 Å². The summed E-state index contributed by atoms with van der Waals surface area (Å²) < 4.78 is 2.02. The van der Waals surface area contributed by atoms with Crippen LogP contribution in [0.5, 0.6) is 0 Å². The topological polar surface area (TPSA) is 41.9 Å². The fourth-order valence-electron chi connectivity index (χ4n) is 1.67. The van der Waals surface area contributed by atoms with Gasteiger partial charge in [0.05, 0.1) is 6.33 Å². The highest BCUT2D eigenvalue weighted by Gasteiger charge is 2.04.